The van der Waals surface area contributed by atoms with Gasteiger partial charge in [-0.1, -0.05) is 30.3 Å². The lowest BCUT2D eigenvalue weighted by atomic mass is 9.95. The van der Waals surface area contributed by atoms with Gasteiger partial charge >= 0.3 is 0 Å². The molecule has 1 heterocycles. The van der Waals surface area contributed by atoms with Crippen LogP contribution < -0.4 is 11.1 Å². The van der Waals surface area contributed by atoms with Gasteiger partial charge in [0.25, 0.3) is 0 Å². The fraction of sp³-hybridized carbons (Fsp3) is 0.438. The summed E-state index contributed by atoms with van der Waals surface area (Å²) < 4.78 is 1.81. The number of nitrogens with one attached hydrogen (secondary N) is 1. The van der Waals surface area contributed by atoms with Crippen molar-refractivity contribution in [2.75, 3.05) is 11.1 Å². The van der Waals surface area contributed by atoms with E-state index in [0.717, 1.165) is 30.0 Å². The van der Waals surface area contributed by atoms with Crippen molar-refractivity contribution in [2.45, 2.75) is 39.2 Å². The van der Waals surface area contributed by atoms with Gasteiger partial charge in [0.15, 0.2) is 0 Å². The molecule has 108 valence electrons. The summed E-state index contributed by atoms with van der Waals surface area (Å²) in [6.07, 6.45) is 2.07. The standard InChI is InChI=1S/C16H24N4/c1-12-14(17)15(20(4)19-12)18-16(2,3)11-10-13-8-6-5-7-9-13/h5-9,18H,10-11,17H2,1-4H3. The number of aromatic nitrogens is 2. The van der Waals surface area contributed by atoms with Crippen molar-refractivity contribution >= 4 is 11.5 Å². The monoisotopic (exact) mass is 272 g/mol. The van der Waals surface area contributed by atoms with Gasteiger partial charge in [0.2, 0.25) is 0 Å². The van der Waals surface area contributed by atoms with E-state index >= 15 is 0 Å². The lowest BCUT2D eigenvalue weighted by Crippen LogP contribution is -2.32. The number of hydrogen-bond acceptors (Lipinski definition) is 3. The van der Waals surface area contributed by atoms with E-state index in [1.54, 1.807) is 0 Å². The van der Waals surface area contributed by atoms with E-state index in [1.165, 1.54) is 5.56 Å². The van der Waals surface area contributed by atoms with Crippen molar-refractivity contribution in [1.29, 1.82) is 0 Å². The molecule has 4 nitrogen and oxygen atoms in total. The molecule has 1 aromatic carbocycles. The largest absolute Gasteiger partial charge is 0.394 e. The molecule has 0 unspecified atom stereocenters. The molecule has 4 heteroatoms. The highest BCUT2D eigenvalue weighted by atomic mass is 15.3. The number of nitrogens with zero attached hydrogens (tertiary/aromatic N) is 2. The SMILES string of the molecule is Cc1nn(C)c(NC(C)(C)CCc2ccccc2)c1N. The molecular formula is C16H24N4. The van der Waals surface area contributed by atoms with Crippen molar-refractivity contribution in [3.8, 4) is 0 Å². The van der Waals surface area contributed by atoms with Crippen molar-refractivity contribution < 1.29 is 0 Å². The third kappa shape index (κ3) is 3.32. The highest BCUT2D eigenvalue weighted by Crippen LogP contribution is 2.26. The zero-order valence-corrected chi connectivity index (χ0v) is 12.8. The average molecular weight is 272 g/mol. The Morgan fingerprint density at radius 2 is 1.90 bits per heavy atom. The molecule has 0 aliphatic heterocycles. The van der Waals surface area contributed by atoms with E-state index in [9.17, 15) is 0 Å². The van der Waals surface area contributed by atoms with Crippen molar-refractivity contribution in [2.24, 2.45) is 7.05 Å². The topological polar surface area (TPSA) is 55.9 Å². The quantitative estimate of drug-likeness (QED) is 0.879. The second-order valence-electron chi connectivity index (χ2n) is 5.97. The Hall–Kier alpha value is -1.97. The third-order valence-electron chi connectivity index (χ3n) is 3.61. The first-order chi connectivity index (χ1) is 9.39. The Morgan fingerprint density at radius 3 is 2.45 bits per heavy atom. The van der Waals surface area contributed by atoms with Crippen molar-refractivity contribution in [3.05, 3.63) is 41.6 Å². The van der Waals surface area contributed by atoms with E-state index in [1.807, 2.05) is 24.7 Å². The third-order valence-corrected chi connectivity index (χ3v) is 3.61. The van der Waals surface area contributed by atoms with Gasteiger partial charge in [-0.3, -0.25) is 4.68 Å². The number of benzene rings is 1. The van der Waals surface area contributed by atoms with Gasteiger partial charge in [-0.25, -0.2) is 0 Å². The van der Waals surface area contributed by atoms with E-state index in [2.05, 4.69) is 48.5 Å². The van der Waals surface area contributed by atoms with Crippen LogP contribution in [0, 0.1) is 6.92 Å². The Kier molecular flexibility index (Phi) is 4.02. The number of anilines is 2. The van der Waals surface area contributed by atoms with Gasteiger partial charge in [-0.05, 0) is 39.2 Å². The van der Waals surface area contributed by atoms with E-state index in [0.29, 0.717) is 0 Å². The maximum atomic E-state index is 6.07. The lowest BCUT2D eigenvalue weighted by molar-refractivity contribution is 0.512. The van der Waals surface area contributed by atoms with Crippen LogP contribution in [0.15, 0.2) is 30.3 Å². The highest BCUT2D eigenvalue weighted by Gasteiger charge is 2.21. The summed E-state index contributed by atoms with van der Waals surface area (Å²) in [7, 11) is 1.92. The maximum Gasteiger partial charge on any atom is 0.148 e. The Bertz CT molecular complexity index is 570. The van der Waals surface area contributed by atoms with Crippen LogP contribution >= 0.6 is 0 Å². The molecule has 2 aromatic rings. The highest BCUT2D eigenvalue weighted by molar-refractivity contribution is 5.65. The molecule has 0 fully saturated rings. The molecular weight excluding hydrogens is 248 g/mol. The molecule has 0 atom stereocenters. The first kappa shape index (κ1) is 14.4. The molecule has 20 heavy (non-hydrogen) atoms. The minimum atomic E-state index is -0.0375. The molecule has 3 N–H and O–H groups in total. The Labute approximate surface area is 121 Å². The molecule has 0 saturated carbocycles. The van der Waals surface area contributed by atoms with Crippen molar-refractivity contribution in [1.82, 2.24) is 9.78 Å². The summed E-state index contributed by atoms with van der Waals surface area (Å²) in [5, 5.41) is 7.86. The van der Waals surface area contributed by atoms with Crippen LogP contribution in [0.25, 0.3) is 0 Å². The first-order valence-corrected chi connectivity index (χ1v) is 7.00. The fourth-order valence-corrected chi connectivity index (χ4v) is 2.31. The van der Waals surface area contributed by atoms with E-state index in [4.69, 9.17) is 5.73 Å². The van der Waals surface area contributed by atoms with Gasteiger partial charge in [0.1, 0.15) is 5.82 Å². The molecule has 1 aromatic heterocycles. The summed E-state index contributed by atoms with van der Waals surface area (Å²) in [6.45, 7) is 6.31. The van der Waals surface area contributed by atoms with Crippen LogP contribution in [0.5, 0.6) is 0 Å². The van der Waals surface area contributed by atoms with Crippen LogP contribution in [0.1, 0.15) is 31.5 Å². The summed E-state index contributed by atoms with van der Waals surface area (Å²) in [5.41, 5.74) is 9.00. The molecule has 0 amide bonds. The van der Waals surface area contributed by atoms with Gasteiger partial charge < -0.3 is 11.1 Å². The summed E-state index contributed by atoms with van der Waals surface area (Å²) >= 11 is 0. The summed E-state index contributed by atoms with van der Waals surface area (Å²) in [4.78, 5) is 0. The number of rotatable bonds is 5. The fourth-order valence-electron chi connectivity index (χ4n) is 2.31. The number of hydrogen-bond donors (Lipinski definition) is 2. The predicted molar refractivity (Wildman–Crippen MR) is 84.8 cm³/mol. The maximum absolute atomic E-state index is 6.07. The van der Waals surface area contributed by atoms with E-state index in [-0.39, 0.29) is 5.54 Å². The zero-order chi connectivity index (χ0) is 14.8. The predicted octanol–water partition coefficient (Wildman–Crippen LogP) is 3.13. The normalized spacial score (nSPS) is 11.6. The van der Waals surface area contributed by atoms with Gasteiger partial charge in [-0.15, -0.1) is 0 Å². The van der Waals surface area contributed by atoms with Crippen LogP contribution in [0.2, 0.25) is 0 Å². The second kappa shape index (κ2) is 5.57. The zero-order valence-electron chi connectivity index (χ0n) is 12.8. The molecule has 0 radical (unpaired) electrons. The van der Waals surface area contributed by atoms with Crippen LogP contribution in [0.4, 0.5) is 11.5 Å². The van der Waals surface area contributed by atoms with Gasteiger partial charge in [-0.2, -0.15) is 5.10 Å². The number of nitrogen functional groups attached to an aromatic ring is 1. The molecule has 2 rings (SSSR count). The Morgan fingerprint density at radius 1 is 1.25 bits per heavy atom. The molecule has 0 aliphatic carbocycles. The first-order valence-electron chi connectivity index (χ1n) is 7.00. The minimum absolute atomic E-state index is 0.0375. The number of nitrogens with two attached hydrogens (primary N) is 1. The smallest absolute Gasteiger partial charge is 0.148 e. The Balaban J connectivity index is 2.03. The molecule has 0 spiro atoms. The van der Waals surface area contributed by atoms with Crippen LogP contribution in [-0.4, -0.2) is 15.3 Å². The van der Waals surface area contributed by atoms with Crippen LogP contribution in [0.3, 0.4) is 0 Å². The van der Waals surface area contributed by atoms with Crippen LogP contribution in [-0.2, 0) is 13.5 Å². The molecule has 0 aliphatic rings. The summed E-state index contributed by atoms with van der Waals surface area (Å²) in [6, 6.07) is 10.5. The molecule has 0 saturated heterocycles. The van der Waals surface area contributed by atoms with Gasteiger partial charge in [0.05, 0.1) is 11.4 Å². The number of aryl methyl sites for hydroxylation is 3. The minimum Gasteiger partial charge on any atom is -0.394 e. The molecule has 0 bridgehead atoms. The lowest BCUT2D eigenvalue weighted by Gasteiger charge is -2.28. The second-order valence-corrected chi connectivity index (χ2v) is 5.97. The van der Waals surface area contributed by atoms with Crippen molar-refractivity contribution in [3.63, 3.8) is 0 Å². The van der Waals surface area contributed by atoms with E-state index < -0.39 is 0 Å². The summed E-state index contributed by atoms with van der Waals surface area (Å²) in [5.74, 6) is 0.903. The average Bonchev–Trinajstić information content (AvgIpc) is 2.64. The van der Waals surface area contributed by atoms with Gasteiger partial charge in [0, 0.05) is 12.6 Å².